The van der Waals surface area contributed by atoms with E-state index in [-0.39, 0.29) is 0 Å². The number of rotatable bonds is 8. The van der Waals surface area contributed by atoms with Crippen LogP contribution >= 0.6 is 11.8 Å². The van der Waals surface area contributed by atoms with Gasteiger partial charge in [-0.2, -0.15) is 11.8 Å². The van der Waals surface area contributed by atoms with Crippen LogP contribution in [-0.4, -0.2) is 57.3 Å². The van der Waals surface area contributed by atoms with Gasteiger partial charge in [-0.25, -0.2) is 4.99 Å². The summed E-state index contributed by atoms with van der Waals surface area (Å²) in [5.74, 6) is 5.27. The first kappa shape index (κ1) is 22.7. The van der Waals surface area contributed by atoms with Crippen molar-refractivity contribution < 1.29 is 0 Å². The van der Waals surface area contributed by atoms with E-state index in [0.29, 0.717) is 18.4 Å². The zero-order valence-corrected chi connectivity index (χ0v) is 19.7. The Bertz CT molecular complexity index is 803. The highest BCUT2D eigenvalue weighted by atomic mass is 32.2. The number of benzene rings is 1. The van der Waals surface area contributed by atoms with E-state index in [2.05, 4.69) is 63.9 Å². The van der Waals surface area contributed by atoms with Crippen molar-refractivity contribution in [3.05, 3.63) is 47.5 Å². The summed E-state index contributed by atoms with van der Waals surface area (Å²) in [4.78, 5) is 7.41. The molecule has 0 radical (unpaired) electrons. The van der Waals surface area contributed by atoms with Crippen molar-refractivity contribution in [2.24, 2.45) is 18.0 Å². The van der Waals surface area contributed by atoms with Crippen LogP contribution in [0.1, 0.15) is 49.3 Å². The number of hydrogen-bond acceptors (Lipinski definition) is 4. The summed E-state index contributed by atoms with van der Waals surface area (Å²) in [7, 11) is 2.00. The van der Waals surface area contributed by atoms with Crippen molar-refractivity contribution in [2.75, 3.05) is 31.6 Å². The van der Waals surface area contributed by atoms with Crippen LogP contribution in [0.3, 0.4) is 0 Å². The average molecular weight is 429 g/mol. The first-order valence-corrected chi connectivity index (χ1v) is 12.4. The molecular formula is C23H36N6S. The van der Waals surface area contributed by atoms with Gasteiger partial charge in [-0.15, -0.1) is 10.2 Å². The van der Waals surface area contributed by atoms with Gasteiger partial charge in [-0.05, 0) is 49.2 Å². The van der Waals surface area contributed by atoms with Gasteiger partial charge in [0.1, 0.15) is 12.4 Å². The maximum atomic E-state index is 4.96. The fourth-order valence-corrected chi connectivity index (χ4v) is 4.63. The van der Waals surface area contributed by atoms with Gasteiger partial charge in [-0.1, -0.05) is 43.7 Å². The van der Waals surface area contributed by atoms with E-state index < -0.39 is 0 Å². The molecule has 0 bridgehead atoms. The molecule has 2 unspecified atom stereocenters. The van der Waals surface area contributed by atoms with Crippen LogP contribution in [0.5, 0.6) is 0 Å². The summed E-state index contributed by atoms with van der Waals surface area (Å²) < 4.78 is 2.02. The zero-order chi connectivity index (χ0) is 21.3. The lowest BCUT2D eigenvalue weighted by atomic mass is 9.79. The lowest BCUT2D eigenvalue weighted by Gasteiger charge is -2.40. The summed E-state index contributed by atoms with van der Waals surface area (Å²) in [6.45, 7) is 7.87. The van der Waals surface area contributed by atoms with Gasteiger partial charge in [-0.3, -0.25) is 0 Å². The predicted molar refractivity (Wildman–Crippen MR) is 127 cm³/mol. The third-order valence-electron chi connectivity index (χ3n) is 6.15. The summed E-state index contributed by atoms with van der Waals surface area (Å²) >= 11 is 1.89. The summed E-state index contributed by atoms with van der Waals surface area (Å²) in [5, 5.41) is 12.1. The monoisotopic (exact) mass is 428 g/mol. The Labute approximate surface area is 185 Å². The fourth-order valence-electron chi connectivity index (χ4n) is 4.20. The van der Waals surface area contributed by atoms with Crippen LogP contribution < -0.4 is 5.32 Å². The van der Waals surface area contributed by atoms with Crippen LogP contribution in [0.4, 0.5) is 0 Å². The molecule has 1 aromatic carbocycles. The molecule has 0 spiro atoms. The smallest absolute Gasteiger partial charge is 0.194 e. The van der Waals surface area contributed by atoms with E-state index in [0.717, 1.165) is 55.8 Å². The molecule has 1 saturated heterocycles. The van der Waals surface area contributed by atoms with E-state index in [4.69, 9.17) is 4.99 Å². The maximum Gasteiger partial charge on any atom is 0.194 e. The minimum absolute atomic E-state index is 0.553. The molecule has 1 aromatic heterocycles. The summed E-state index contributed by atoms with van der Waals surface area (Å²) in [5.41, 5.74) is 1.48. The Morgan fingerprint density at radius 1 is 1.27 bits per heavy atom. The molecule has 2 atom stereocenters. The molecule has 2 heterocycles. The number of hydrogen-bond donors (Lipinski definition) is 1. The van der Waals surface area contributed by atoms with Gasteiger partial charge in [0, 0.05) is 26.7 Å². The molecule has 1 N–H and O–H groups in total. The number of likely N-dealkylation sites (tertiary alicyclic amines) is 1. The maximum absolute atomic E-state index is 4.96. The molecule has 1 aliphatic rings. The number of thioether (sulfide) groups is 1. The first-order valence-electron chi connectivity index (χ1n) is 11.1. The number of aryl methyl sites for hydroxylation is 1. The van der Waals surface area contributed by atoms with Crippen molar-refractivity contribution in [3.8, 4) is 0 Å². The van der Waals surface area contributed by atoms with Crippen molar-refractivity contribution >= 4 is 17.7 Å². The summed E-state index contributed by atoms with van der Waals surface area (Å²) in [6.07, 6.45) is 5.64. The summed E-state index contributed by atoms with van der Waals surface area (Å²) in [6, 6.07) is 11.0. The zero-order valence-electron chi connectivity index (χ0n) is 18.8. The lowest BCUT2D eigenvalue weighted by Crippen LogP contribution is -2.48. The average Bonchev–Trinajstić information content (AvgIpc) is 3.11. The lowest BCUT2D eigenvalue weighted by molar-refractivity contribution is 0.215. The fraction of sp³-hybridized carbons (Fsp3) is 0.609. The molecule has 0 aliphatic carbocycles. The van der Waals surface area contributed by atoms with Crippen molar-refractivity contribution in [1.29, 1.82) is 0 Å². The first-order chi connectivity index (χ1) is 14.6. The van der Waals surface area contributed by atoms with Gasteiger partial charge in [0.15, 0.2) is 11.8 Å². The van der Waals surface area contributed by atoms with Crippen molar-refractivity contribution in [1.82, 2.24) is 25.0 Å². The standard InChI is InChI=1S/C23H36N6S/c1-5-19-17-29(14-12-21(19)20-10-7-6-8-11-20)23(24-13-9-15-30-4)25-16-22-27-26-18(2)28(22)3/h6-8,10-11,19,21H,5,9,12-17H2,1-4H3,(H,24,25). The minimum atomic E-state index is 0.553. The SMILES string of the molecule is CCC1CN(C(=NCc2nnc(C)n2C)NCCCSC)CCC1c1ccccc1. The van der Waals surface area contributed by atoms with Crippen LogP contribution in [0, 0.1) is 12.8 Å². The highest BCUT2D eigenvalue weighted by Crippen LogP contribution is 2.34. The molecule has 3 rings (SSSR count). The molecule has 7 heteroatoms. The molecule has 1 aliphatic heterocycles. The Kier molecular flexibility index (Phi) is 8.61. The van der Waals surface area contributed by atoms with E-state index in [9.17, 15) is 0 Å². The van der Waals surface area contributed by atoms with E-state index in [1.807, 2.05) is 30.3 Å². The normalized spacial score (nSPS) is 19.9. The highest BCUT2D eigenvalue weighted by molar-refractivity contribution is 7.98. The van der Waals surface area contributed by atoms with Crippen LogP contribution in [0.15, 0.2) is 35.3 Å². The third kappa shape index (κ3) is 5.78. The topological polar surface area (TPSA) is 58.3 Å². The van der Waals surface area contributed by atoms with Crippen LogP contribution in [-0.2, 0) is 13.6 Å². The van der Waals surface area contributed by atoms with Crippen molar-refractivity contribution in [2.45, 2.75) is 45.6 Å². The van der Waals surface area contributed by atoms with E-state index >= 15 is 0 Å². The van der Waals surface area contributed by atoms with Gasteiger partial charge in [0.05, 0.1) is 0 Å². The number of nitrogens with zero attached hydrogens (tertiary/aromatic N) is 5. The second-order valence-electron chi connectivity index (χ2n) is 8.06. The van der Waals surface area contributed by atoms with Crippen LogP contribution in [0.2, 0.25) is 0 Å². The number of aliphatic imine (C=N–C) groups is 1. The molecule has 2 aromatic rings. The molecule has 6 nitrogen and oxygen atoms in total. The quantitative estimate of drug-likeness (QED) is 0.393. The Morgan fingerprint density at radius 2 is 2.07 bits per heavy atom. The van der Waals surface area contributed by atoms with Gasteiger partial charge in [0.2, 0.25) is 0 Å². The second kappa shape index (κ2) is 11.4. The van der Waals surface area contributed by atoms with E-state index in [1.54, 1.807) is 0 Å². The van der Waals surface area contributed by atoms with Crippen LogP contribution in [0.25, 0.3) is 0 Å². The number of piperidine rings is 1. The van der Waals surface area contributed by atoms with Gasteiger partial charge < -0.3 is 14.8 Å². The van der Waals surface area contributed by atoms with Gasteiger partial charge in [0.25, 0.3) is 0 Å². The molecule has 164 valence electrons. The Morgan fingerprint density at radius 3 is 2.73 bits per heavy atom. The van der Waals surface area contributed by atoms with E-state index in [1.165, 1.54) is 12.0 Å². The molecule has 1 fully saturated rings. The minimum Gasteiger partial charge on any atom is -0.356 e. The molecule has 0 amide bonds. The molecular weight excluding hydrogens is 392 g/mol. The molecule has 0 saturated carbocycles. The Balaban J connectivity index is 1.72. The Hall–Kier alpha value is -2.02. The number of aromatic nitrogens is 3. The third-order valence-corrected chi connectivity index (χ3v) is 6.84. The molecule has 30 heavy (non-hydrogen) atoms. The van der Waals surface area contributed by atoms with Crippen molar-refractivity contribution in [3.63, 3.8) is 0 Å². The number of nitrogens with one attached hydrogen (secondary N) is 1. The number of guanidine groups is 1. The highest BCUT2D eigenvalue weighted by Gasteiger charge is 2.30. The predicted octanol–water partition coefficient (Wildman–Crippen LogP) is 3.84. The largest absolute Gasteiger partial charge is 0.356 e. The second-order valence-corrected chi connectivity index (χ2v) is 9.04. The van der Waals surface area contributed by atoms with Gasteiger partial charge >= 0.3 is 0 Å².